The number of carbonyl (C=O) groups is 1. The standard InChI is InChI=1S/C23H22ClN5O2/c1-14(2)18-10-15(4-6-19(18)24)27-23-28-20-11-16(5-7-21(20)29(23)3)31-17-8-9-25-22(12-17)26-13-30/h4-14H,1-3H3,(H,27,28)(H,25,26,30). The average Bonchev–Trinajstić information content (AvgIpc) is 3.04. The van der Waals surface area contributed by atoms with Gasteiger partial charge in [0.15, 0.2) is 0 Å². The fourth-order valence-corrected chi connectivity index (χ4v) is 3.63. The fourth-order valence-electron chi connectivity index (χ4n) is 3.30. The quantitative estimate of drug-likeness (QED) is 0.356. The van der Waals surface area contributed by atoms with Crippen LogP contribution in [-0.4, -0.2) is 20.9 Å². The molecule has 0 saturated carbocycles. The number of carbonyl (C=O) groups excluding carboxylic acids is 1. The van der Waals surface area contributed by atoms with E-state index in [9.17, 15) is 4.79 Å². The van der Waals surface area contributed by atoms with Crippen LogP contribution < -0.4 is 15.4 Å². The Hall–Kier alpha value is -3.58. The summed E-state index contributed by atoms with van der Waals surface area (Å²) in [6, 6.07) is 15.0. The van der Waals surface area contributed by atoms with E-state index in [1.165, 1.54) is 0 Å². The Morgan fingerprint density at radius 2 is 1.90 bits per heavy atom. The number of hydrogen-bond donors (Lipinski definition) is 2. The van der Waals surface area contributed by atoms with E-state index in [1.807, 2.05) is 41.9 Å². The Labute approximate surface area is 185 Å². The van der Waals surface area contributed by atoms with Crippen molar-refractivity contribution in [3.05, 3.63) is 65.3 Å². The first-order valence-corrected chi connectivity index (χ1v) is 10.2. The molecule has 31 heavy (non-hydrogen) atoms. The number of fused-ring (bicyclic) bond motifs is 1. The molecule has 0 aliphatic rings. The lowest BCUT2D eigenvalue weighted by molar-refractivity contribution is -0.105. The van der Waals surface area contributed by atoms with Gasteiger partial charge in [-0.15, -0.1) is 0 Å². The molecule has 2 aromatic carbocycles. The summed E-state index contributed by atoms with van der Waals surface area (Å²) in [5.74, 6) is 2.65. The molecule has 8 heteroatoms. The molecule has 7 nitrogen and oxygen atoms in total. The number of aromatic nitrogens is 3. The minimum Gasteiger partial charge on any atom is -0.457 e. The van der Waals surface area contributed by atoms with E-state index in [0.29, 0.717) is 35.6 Å². The normalized spacial score (nSPS) is 11.0. The molecule has 2 heterocycles. The molecule has 0 aliphatic carbocycles. The summed E-state index contributed by atoms with van der Waals surface area (Å²) in [5.41, 5.74) is 3.77. The van der Waals surface area contributed by atoms with E-state index in [-0.39, 0.29) is 0 Å². The second-order valence-electron chi connectivity index (χ2n) is 7.40. The van der Waals surface area contributed by atoms with Crippen LogP contribution in [0.4, 0.5) is 17.5 Å². The van der Waals surface area contributed by atoms with E-state index in [2.05, 4.69) is 35.5 Å². The summed E-state index contributed by atoms with van der Waals surface area (Å²) in [6.45, 7) is 4.23. The molecule has 0 radical (unpaired) electrons. The summed E-state index contributed by atoms with van der Waals surface area (Å²) in [7, 11) is 1.96. The van der Waals surface area contributed by atoms with Gasteiger partial charge >= 0.3 is 0 Å². The van der Waals surface area contributed by atoms with Crippen LogP contribution in [0.5, 0.6) is 11.5 Å². The maximum Gasteiger partial charge on any atom is 0.212 e. The van der Waals surface area contributed by atoms with Gasteiger partial charge in [0, 0.05) is 36.1 Å². The van der Waals surface area contributed by atoms with Gasteiger partial charge in [0.1, 0.15) is 17.3 Å². The second kappa shape index (κ2) is 8.65. The molecule has 0 saturated heterocycles. The number of benzene rings is 2. The fraction of sp³-hybridized carbons (Fsp3) is 0.174. The maximum absolute atomic E-state index is 10.6. The number of hydrogen-bond acceptors (Lipinski definition) is 5. The number of nitrogens with zero attached hydrogens (tertiary/aromatic N) is 3. The largest absolute Gasteiger partial charge is 0.457 e. The van der Waals surface area contributed by atoms with Crippen molar-refractivity contribution in [3.63, 3.8) is 0 Å². The molecule has 0 aliphatic heterocycles. The average molecular weight is 436 g/mol. The van der Waals surface area contributed by atoms with Gasteiger partial charge in [0.2, 0.25) is 12.4 Å². The number of imidazole rings is 1. The first kappa shape index (κ1) is 20.7. The van der Waals surface area contributed by atoms with Crippen molar-refractivity contribution in [1.82, 2.24) is 14.5 Å². The number of aryl methyl sites for hydroxylation is 1. The molecule has 4 aromatic rings. The lowest BCUT2D eigenvalue weighted by atomic mass is 10.0. The Kier molecular flexibility index (Phi) is 5.77. The van der Waals surface area contributed by atoms with Crippen LogP contribution >= 0.6 is 11.6 Å². The highest BCUT2D eigenvalue weighted by molar-refractivity contribution is 6.31. The van der Waals surface area contributed by atoms with Crippen molar-refractivity contribution in [2.24, 2.45) is 7.05 Å². The first-order chi connectivity index (χ1) is 14.9. The van der Waals surface area contributed by atoms with Crippen molar-refractivity contribution in [2.75, 3.05) is 10.6 Å². The van der Waals surface area contributed by atoms with E-state index in [0.717, 1.165) is 27.3 Å². The molecule has 1 amide bonds. The Bertz CT molecular complexity index is 1250. The topological polar surface area (TPSA) is 81.1 Å². The highest BCUT2D eigenvalue weighted by Gasteiger charge is 2.12. The first-order valence-electron chi connectivity index (χ1n) is 9.81. The van der Waals surface area contributed by atoms with Crippen LogP contribution in [0.25, 0.3) is 11.0 Å². The number of rotatable bonds is 7. The molecular weight excluding hydrogens is 414 g/mol. The predicted octanol–water partition coefficient (Wildman–Crippen LogP) is 5.85. The van der Waals surface area contributed by atoms with Crippen molar-refractivity contribution in [1.29, 1.82) is 0 Å². The van der Waals surface area contributed by atoms with Crippen molar-refractivity contribution < 1.29 is 9.53 Å². The van der Waals surface area contributed by atoms with Crippen molar-refractivity contribution in [3.8, 4) is 11.5 Å². The predicted molar refractivity (Wildman–Crippen MR) is 124 cm³/mol. The lowest BCUT2D eigenvalue weighted by Crippen LogP contribution is -2.00. The molecule has 0 unspecified atom stereocenters. The molecule has 0 bridgehead atoms. The van der Waals surface area contributed by atoms with E-state index < -0.39 is 0 Å². The minimum absolute atomic E-state index is 0.324. The minimum atomic E-state index is 0.324. The van der Waals surface area contributed by atoms with E-state index in [4.69, 9.17) is 21.3 Å². The van der Waals surface area contributed by atoms with Gasteiger partial charge in [0.25, 0.3) is 0 Å². The van der Waals surface area contributed by atoms with Gasteiger partial charge in [-0.1, -0.05) is 25.4 Å². The molecule has 2 N–H and O–H groups in total. The number of amides is 1. The van der Waals surface area contributed by atoms with Gasteiger partial charge in [0.05, 0.1) is 11.0 Å². The van der Waals surface area contributed by atoms with Crippen LogP contribution in [0.3, 0.4) is 0 Å². The van der Waals surface area contributed by atoms with Crippen molar-refractivity contribution in [2.45, 2.75) is 19.8 Å². The van der Waals surface area contributed by atoms with E-state index >= 15 is 0 Å². The van der Waals surface area contributed by atoms with Crippen LogP contribution in [0.2, 0.25) is 5.02 Å². The Balaban J connectivity index is 1.60. The number of pyridine rings is 1. The highest BCUT2D eigenvalue weighted by Crippen LogP contribution is 2.31. The van der Waals surface area contributed by atoms with Gasteiger partial charge in [-0.25, -0.2) is 9.97 Å². The number of ether oxygens (including phenoxy) is 1. The summed E-state index contributed by atoms with van der Waals surface area (Å²) >= 11 is 6.31. The SMILES string of the molecule is CC(C)c1cc(Nc2nc3cc(Oc4ccnc(NC=O)c4)ccc3n2C)ccc1Cl. The molecule has 2 aromatic heterocycles. The Morgan fingerprint density at radius 1 is 1.10 bits per heavy atom. The van der Waals surface area contributed by atoms with Crippen LogP contribution in [0, 0.1) is 0 Å². The molecule has 0 fully saturated rings. The van der Waals surface area contributed by atoms with Gasteiger partial charge in [-0.2, -0.15) is 0 Å². The third-order valence-electron chi connectivity index (χ3n) is 4.90. The lowest BCUT2D eigenvalue weighted by Gasteiger charge is -2.12. The summed E-state index contributed by atoms with van der Waals surface area (Å²) < 4.78 is 7.90. The Morgan fingerprint density at radius 3 is 2.68 bits per heavy atom. The maximum atomic E-state index is 10.6. The zero-order valence-corrected chi connectivity index (χ0v) is 18.1. The summed E-state index contributed by atoms with van der Waals surface area (Å²) in [4.78, 5) is 19.4. The zero-order chi connectivity index (χ0) is 22.0. The van der Waals surface area contributed by atoms with Crippen LogP contribution in [-0.2, 0) is 11.8 Å². The molecule has 4 rings (SSSR count). The number of halogens is 1. The third-order valence-corrected chi connectivity index (χ3v) is 5.24. The van der Waals surface area contributed by atoms with Crippen LogP contribution in [0.1, 0.15) is 25.3 Å². The number of anilines is 3. The molecule has 0 spiro atoms. The van der Waals surface area contributed by atoms with Gasteiger partial charge < -0.3 is 19.9 Å². The monoisotopic (exact) mass is 435 g/mol. The summed E-state index contributed by atoms with van der Waals surface area (Å²) in [5, 5.41) is 6.64. The van der Waals surface area contributed by atoms with Crippen LogP contribution in [0.15, 0.2) is 54.7 Å². The van der Waals surface area contributed by atoms with Gasteiger partial charge in [-0.3, -0.25) is 4.79 Å². The number of nitrogens with one attached hydrogen (secondary N) is 2. The highest BCUT2D eigenvalue weighted by atomic mass is 35.5. The smallest absolute Gasteiger partial charge is 0.212 e. The van der Waals surface area contributed by atoms with Gasteiger partial charge in [-0.05, 0) is 47.9 Å². The molecule has 0 atom stereocenters. The van der Waals surface area contributed by atoms with Crippen molar-refractivity contribution >= 4 is 46.5 Å². The zero-order valence-electron chi connectivity index (χ0n) is 17.4. The van der Waals surface area contributed by atoms with E-state index in [1.54, 1.807) is 18.3 Å². The second-order valence-corrected chi connectivity index (χ2v) is 7.81. The molecular formula is C23H22ClN5O2. The molecule has 158 valence electrons. The summed E-state index contributed by atoms with van der Waals surface area (Å²) in [6.07, 6.45) is 2.14. The third kappa shape index (κ3) is 4.46.